The summed E-state index contributed by atoms with van der Waals surface area (Å²) in [6.07, 6.45) is 0. The van der Waals surface area contributed by atoms with E-state index in [2.05, 4.69) is 166 Å². The zero-order valence-corrected chi connectivity index (χ0v) is 32.3. The van der Waals surface area contributed by atoms with Gasteiger partial charge in [0.15, 0.2) is 11.6 Å². The van der Waals surface area contributed by atoms with Gasteiger partial charge in [0, 0.05) is 38.9 Å². The summed E-state index contributed by atoms with van der Waals surface area (Å²) in [5.41, 5.74) is 13.9. The fourth-order valence-electron chi connectivity index (χ4n) is 8.05. The van der Waals surface area contributed by atoms with Crippen molar-refractivity contribution < 1.29 is 0 Å². The number of hydrogen-bond donors (Lipinski definition) is 0. The fraction of sp³-hybridized carbons (Fsp3) is 0.0370. The van der Waals surface area contributed by atoms with Crippen molar-refractivity contribution in [2.45, 2.75) is 13.8 Å². The Kier molecular flexibility index (Phi) is 8.92. The molecule has 2 aromatic heterocycles. The molecule has 0 saturated heterocycles. The summed E-state index contributed by atoms with van der Waals surface area (Å²) >= 11 is 0. The Morgan fingerprint density at radius 1 is 0.310 bits per heavy atom. The molecule has 0 N–H and O–H groups in total. The molecule has 2 heterocycles. The Balaban J connectivity index is 1.28. The molecule has 0 aliphatic heterocycles. The Morgan fingerprint density at radius 2 is 0.828 bits per heavy atom. The smallest absolute Gasteiger partial charge is 0.160 e. The highest BCUT2D eigenvalue weighted by Crippen LogP contribution is 2.40. The van der Waals surface area contributed by atoms with Crippen molar-refractivity contribution in [1.29, 1.82) is 0 Å². The predicted octanol–water partition coefficient (Wildman–Crippen LogP) is 13.9. The van der Waals surface area contributed by atoms with Crippen molar-refractivity contribution in [2.75, 3.05) is 0 Å². The van der Waals surface area contributed by atoms with Crippen molar-refractivity contribution in [3.63, 3.8) is 0 Å². The van der Waals surface area contributed by atoms with Crippen molar-refractivity contribution in [1.82, 2.24) is 19.9 Å². The highest BCUT2D eigenvalue weighted by Gasteiger charge is 2.20. The van der Waals surface area contributed by atoms with Gasteiger partial charge in [0.25, 0.3) is 0 Å². The molecule has 58 heavy (non-hydrogen) atoms. The van der Waals surface area contributed by atoms with Gasteiger partial charge in [0.2, 0.25) is 0 Å². The molecular formula is C54H38N4. The lowest BCUT2D eigenvalue weighted by Gasteiger charge is -2.17. The quantitative estimate of drug-likeness (QED) is 0.153. The standard InChI is InChI=1S/C54H38N4/c1-35-18-12-14-26-44(35)52-36(2)51(38-21-8-4-9-22-38)57-54(58-52)43-31-41(48-33-40-25-13-15-27-45(40)46-28-16-17-29-47(46)48)30-42(32-43)50-34-49(37-19-6-3-7-20-37)55-53(56-50)39-23-10-5-11-24-39/h3-34H,1-2H3. The summed E-state index contributed by atoms with van der Waals surface area (Å²) in [6.45, 7) is 4.28. The highest BCUT2D eigenvalue weighted by molar-refractivity contribution is 6.14. The molecule has 274 valence electrons. The van der Waals surface area contributed by atoms with Gasteiger partial charge in [0.05, 0.1) is 22.8 Å². The molecule has 0 aliphatic rings. The van der Waals surface area contributed by atoms with Crippen LogP contribution in [0.5, 0.6) is 0 Å². The summed E-state index contributed by atoms with van der Waals surface area (Å²) < 4.78 is 0. The molecule has 0 fully saturated rings. The SMILES string of the molecule is Cc1ccccc1-c1nc(-c2cc(-c3cc(-c4ccccc4)nc(-c4ccccc4)n3)cc(-c3cc4ccccc4c4ccccc34)c2)nc(-c2ccccc2)c1C. The molecule has 0 saturated carbocycles. The van der Waals surface area contributed by atoms with Crippen molar-refractivity contribution >= 4 is 21.5 Å². The number of rotatable bonds is 7. The van der Waals surface area contributed by atoms with Crippen molar-refractivity contribution in [3.8, 4) is 78.9 Å². The number of hydrogen-bond acceptors (Lipinski definition) is 4. The third kappa shape index (κ3) is 6.51. The van der Waals surface area contributed by atoms with Gasteiger partial charge >= 0.3 is 0 Å². The van der Waals surface area contributed by atoms with E-state index >= 15 is 0 Å². The lowest BCUT2D eigenvalue weighted by Crippen LogP contribution is -2.02. The van der Waals surface area contributed by atoms with E-state index in [0.717, 1.165) is 78.4 Å². The largest absolute Gasteiger partial charge is 0.228 e. The van der Waals surface area contributed by atoms with Crippen LogP contribution in [-0.4, -0.2) is 19.9 Å². The number of benzene rings is 8. The molecule has 10 aromatic rings. The number of aryl methyl sites for hydroxylation is 1. The molecule has 0 radical (unpaired) electrons. The first kappa shape index (κ1) is 34.9. The van der Waals surface area contributed by atoms with Crippen LogP contribution in [0.1, 0.15) is 11.1 Å². The molecule has 0 aliphatic carbocycles. The van der Waals surface area contributed by atoms with E-state index < -0.39 is 0 Å². The van der Waals surface area contributed by atoms with Gasteiger partial charge in [-0.2, -0.15) is 0 Å². The Labute approximate surface area is 338 Å². The zero-order valence-electron chi connectivity index (χ0n) is 32.3. The first-order chi connectivity index (χ1) is 28.6. The van der Waals surface area contributed by atoms with Gasteiger partial charge in [-0.25, -0.2) is 19.9 Å². The molecule has 0 spiro atoms. The maximum absolute atomic E-state index is 5.43. The van der Waals surface area contributed by atoms with E-state index in [0.29, 0.717) is 11.6 Å². The van der Waals surface area contributed by atoms with Crippen LogP contribution < -0.4 is 0 Å². The first-order valence-corrected chi connectivity index (χ1v) is 19.6. The van der Waals surface area contributed by atoms with E-state index in [9.17, 15) is 0 Å². The predicted molar refractivity (Wildman–Crippen MR) is 240 cm³/mol. The van der Waals surface area contributed by atoms with Crippen LogP contribution in [0, 0.1) is 13.8 Å². The van der Waals surface area contributed by atoms with Crippen molar-refractivity contribution in [3.05, 3.63) is 205 Å². The summed E-state index contributed by atoms with van der Waals surface area (Å²) in [5, 5.41) is 4.80. The Hall–Kier alpha value is -7.56. The monoisotopic (exact) mass is 742 g/mol. The molecule has 0 bridgehead atoms. The van der Waals surface area contributed by atoms with Gasteiger partial charge in [-0.3, -0.25) is 0 Å². The second-order valence-corrected chi connectivity index (χ2v) is 14.7. The number of fused-ring (bicyclic) bond motifs is 3. The van der Waals surface area contributed by atoms with Gasteiger partial charge in [-0.15, -0.1) is 0 Å². The van der Waals surface area contributed by atoms with E-state index in [1.54, 1.807) is 0 Å². The van der Waals surface area contributed by atoms with E-state index in [1.165, 1.54) is 21.5 Å². The number of aromatic nitrogens is 4. The van der Waals surface area contributed by atoms with Crippen LogP contribution in [0.15, 0.2) is 194 Å². The third-order valence-corrected chi connectivity index (χ3v) is 11.0. The molecule has 4 nitrogen and oxygen atoms in total. The summed E-state index contributed by atoms with van der Waals surface area (Å²) in [7, 11) is 0. The normalized spacial score (nSPS) is 11.3. The maximum Gasteiger partial charge on any atom is 0.160 e. The van der Waals surface area contributed by atoms with E-state index in [4.69, 9.17) is 19.9 Å². The van der Waals surface area contributed by atoms with Gasteiger partial charge in [-0.05, 0) is 82.4 Å². The molecule has 0 atom stereocenters. The second-order valence-electron chi connectivity index (χ2n) is 14.7. The molecule has 0 amide bonds. The summed E-state index contributed by atoms with van der Waals surface area (Å²) in [5.74, 6) is 1.32. The topological polar surface area (TPSA) is 51.6 Å². The summed E-state index contributed by atoms with van der Waals surface area (Å²) in [4.78, 5) is 21.2. The minimum Gasteiger partial charge on any atom is -0.228 e. The second kappa shape index (κ2) is 14.8. The fourth-order valence-corrected chi connectivity index (χ4v) is 8.05. The summed E-state index contributed by atoms with van der Waals surface area (Å²) in [6, 6.07) is 67.9. The Bertz CT molecular complexity index is 3060. The van der Waals surface area contributed by atoms with E-state index in [1.807, 2.05) is 42.5 Å². The average molecular weight is 743 g/mol. The molecular weight excluding hydrogens is 705 g/mol. The first-order valence-electron chi connectivity index (χ1n) is 19.6. The molecule has 4 heteroatoms. The van der Waals surface area contributed by atoms with Crippen LogP contribution in [-0.2, 0) is 0 Å². The Morgan fingerprint density at radius 3 is 1.55 bits per heavy atom. The average Bonchev–Trinajstić information content (AvgIpc) is 3.29. The minimum atomic E-state index is 0.650. The van der Waals surface area contributed by atoms with Crippen LogP contribution in [0.4, 0.5) is 0 Å². The van der Waals surface area contributed by atoms with Crippen LogP contribution in [0.25, 0.3) is 100 Å². The van der Waals surface area contributed by atoms with Crippen LogP contribution in [0.2, 0.25) is 0 Å². The third-order valence-electron chi connectivity index (χ3n) is 11.0. The molecule has 10 rings (SSSR count). The van der Waals surface area contributed by atoms with Gasteiger partial charge in [-0.1, -0.05) is 164 Å². The minimum absolute atomic E-state index is 0.650. The lowest BCUT2D eigenvalue weighted by atomic mass is 9.90. The van der Waals surface area contributed by atoms with Crippen molar-refractivity contribution in [2.24, 2.45) is 0 Å². The lowest BCUT2D eigenvalue weighted by molar-refractivity contribution is 1.14. The highest BCUT2D eigenvalue weighted by atomic mass is 14.9. The maximum atomic E-state index is 5.43. The van der Waals surface area contributed by atoms with E-state index in [-0.39, 0.29) is 0 Å². The van der Waals surface area contributed by atoms with Crippen LogP contribution >= 0.6 is 0 Å². The molecule has 0 unspecified atom stereocenters. The zero-order chi connectivity index (χ0) is 39.0. The van der Waals surface area contributed by atoms with Gasteiger partial charge in [0.1, 0.15) is 0 Å². The number of nitrogens with zero attached hydrogens (tertiary/aromatic N) is 4. The molecule has 8 aromatic carbocycles. The van der Waals surface area contributed by atoms with Crippen LogP contribution in [0.3, 0.4) is 0 Å². The van der Waals surface area contributed by atoms with Gasteiger partial charge < -0.3 is 0 Å².